The summed E-state index contributed by atoms with van der Waals surface area (Å²) in [4.78, 5) is 11.9. The smallest absolute Gasteiger partial charge is 0.177 e. The van der Waals surface area contributed by atoms with Crippen LogP contribution in [0.2, 0.25) is 0 Å². The van der Waals surface area contributed by atoms with Gasteiger partial charge in [-0.2, -0.15) is 0 Å². The van der Waals surface area contributed by atoms with Crippen LogP contribution in [0.25, 0.3) is 11.2 Å². The molecule has 2 unspecified atom stereocenters. The summed E-state index contributed by atoms with van der Waals surface area (Å²) in [5, 5.41) is 0. The molecule has 0 amide bonds. The van der Waals surface area contributed by atoms with Crippen molar-refractivity contribution in [3.05, 3.63) is 22.6 Å². The second-order valence-corrected chi connectivity index (χ2v) is 4.71. The molecular weight excluding hydrogens is 256 g/mol. The fourth-order valence-electron chi connectivity index (χ4n) is 1.36. The highest BCUT2D eigenvalue weighted by atomic mass is 79.9. The zero-order chi connectivity index (χ0) is 11.0. The second-order valence-electron chi connectivity index (χ2n) is 3.79. The first-order chi connectivity index (χ1) is 7.08. The Balaban J connectivity index is 2.47. The Hall–Kier alpha value is -0.940. The van der Waals surface area contributed by atoms with Crippen LogP contribution < -0.4 is 5.73 Å². The molecule has 5 heteroatoms. The van der Waals surface area contributed by atoms with Crippen LogP contribution >= 0.6 is 15.9 Å². The van der Waals surface area contributed by atoms with Crippen LogP contribution in [-0.2, 0) is 0 Å². The summed E-state index contributed by atoms with van der Waals surface area (Å²) in [6.45, 7) is 4.03. The first kappa shape index (κ1) is 10.6. The maximum atomic E-state index is 5.83. The van der Waals surface area contributed by atoms with Gasteiger partial charge in [0.2, 0.25) is 0 Å². The van der Waals surface area contributed by atoms with E-state index in [-0.39, 0.29) is 12.0 Å². The molecule has 0 radical (unpaired) electrons. The summed E-state index contributed by atoms with van der Waals surface area (Å²) >= 11 is 3.37. The number of fused-ring (bicyclic) bond motifs is 1. The third-order valence-corrected chi connectivity index (χ3v) is 2.98. The van der Waals surface area contributed by atoms with E-state index in [1.54, 1.807) is 6.20 Å². The standard InChI is InChI=1S/C10H13BrN4/c1-5(6(2)12)9-14-8-3-7(11)4-13-10(8)15-9/h3-6H,12H2,1-2H3,(H,13,14,15). The molecule has 2 aromatic heterocycles. The van der Waals surface area contributed by atoms with Crippen LogP contribution in [0.15, 0.2) is 16.7 Å². The van der Waals surface area contributed by atoms with E-state index < -0.39 is 0 Å². The zero-order valence-electron chi connectivity index (χ0n) is 8.66. The molecule has 3 N–H and O–H groups in total. The highest BCUT2D eigenvalue weighted by Crippen LogP contribution is 2.20. The number of nitrogens with two attached hydrogens (primary N) is 1. The summed E-state index contributed by atoms with van der Waals surface area (Å²) in [5.41, 5.74) is 7.50. The molecular formula is C10H13BrN4. The monoisotopic (exact) mass is 268 g/mol. The van der Waals surface area contributed by atoms with Crippen molar-refractivity contribution in [2.24, 2.45) is 5.73 Å². The van der Waals surface area contributed by atoms with Gasteiger partial charge in [-0.3, -0.25) is 0 Å². The molecule has 4 nitrogen and oxygen atoms in total. The van der Waals surface area contributed by atoms with E-state index in [0.29, 0.717) is 0 Å². The van der Waals surface area contributed by atoms with Crippen LogP contribution in [0.4, 0.5) is 0 Å². The molecule has 0 bridgehead atoms. The second kappa shape index (κ2) is 3.90. The minimum absolute atomic E-state index is 0.0778. The zero-order valence-corrected chi connectivity index (χ0v) is 10.2. The van der Waals surface area contributed by atoms with Gasteiger partial charge in [-0.05, 0) is 28.9 Å². The van der Waals surface area contributed by atoms with E-state index in [1.807, 2.05) is 13.0 Å². The van der Waals surface area contributed by atoms with Gasteiger partial charge >= 0.3 is 0 Å². The predicted molar refractivity (Wildman–Crippen MR) is 63.7 cm³/mol. The van der Waals surface area contributed by atoms with Crippen molar-refractivity contribution in [2.75, 3.05) is 0 Å². The average molecular weight is 269 g/mol. The first-order valence-electron chi connectivity index (χ1n) is 4.84. The van der Waals surface area contributed by atoms with Gasteiger partial charge in [0.15, 0.2) is 5.65 Å². The SMILES string of the molecule is CC(N)C(C)c1nc2ncc(Br)cc2[nH]1. The van der Waals surface area contributed by atoms with E-state index in [1.165, 1.54) is 0 Å². The topological polar surface area (TPSA) is 67.6 Å². The third kappa shape index (κ3) is 2.03. The third-order valence-electron chi connectivity index (χ3n) is 2.54. The van der Waals surface area contributed by atoms with Gasteiger partial charge in [0.05, 0.1) is 5.52 Å². The Kier molecular flexibility index (Phi) is 2.75. The molecule has 0 aliphatic carbocycles. The molecule has 15 heavy (non-hydrogen) atoms. The van der Waals surface area contributed by atoms with Crippen LogP contribution in [0, 0.1) is 0 Å². The number of aromatic amines is 1. The van der Waals surface area contributed by atoms with Crippen molar-refractivity contribution < 1.29 is 0 Å². The number of H-pyrrole nitrogens is 1. The molecule has 0 aromatic carbocycles. The number of pyridine rings is 1. The molecule has 0 saturated heterocycles. The number of hydrogen-bond acceptors (Lipinski definition) is 3. The van der Waals surface area contributed by atoms with Gasteiger partial charge in [0.1, 0.15) is 5.82 Å². The van der Waals surface area contributed by atoms with Crippen molar-refractivity contribution in [3.63, 3.8) is 0 Å². The maximum absolute atomic E-state index is 5.83. The van der Waals surface area contributed by atoms with Gasteiger partial charge < -0.3 is 10.7 Å². The van der Waals surface area contributed by atoms with Crippen molar-refractivity contribution in [2.45, 2.75) is 25.8 Å². The van der Waals surface area contributed by atoms with Crippen LogP contribution in [0.5, 0.6) is 0 Å². The molecule has 2 rings (SSSR count). The lowest BCUT2D eigenvalue weighted by atomic mass is 10.0. The van der Waals surface area contributed by atoms with Gasteiger partial charge in [-0.15, -0.1) is 0 Å². The molecule has 80 valence electrons. The normalized spacial score (nSPS) is 15.5. The van der Waals surface area contributed by atoms with Crippen LogP contribution in [-0.4, -0.2) is 21.0 Å². The minimum Gasteiger partial charge on any atom is -0.340 e. The lowest BCUT2D eigenvalue weighted by Gasteiger charge is -2.11. The summed E-state index contributed by atoms with van der Waals surface area (Å²) in [7, 11) is 0. The molecule has 0 aliphatic rings. The van der Waals surface area contributed by atoms with Crippen molar-refractivity contribution in [3.8, 4) is 0 Å². The predicted octanol–water partition coefficient (Wildman–Crippen LogP) is 2.17. The number of hydrogen-bond donors (Lipinski definition) is 2. The van der Waals surface area contributed by atoms with E-state index in [4.69, 9.17) is 5.73 Å². The molecule has 0 spiro atoms. The Labute approximate surface area is 96.4 Å². The number of halogens is 1. The average Bonchev–Trinajstić information content (AvgIpc) is 2.58. The Morgan fingerprint density at radius 1 is 1.47 bits per heavy atom. The lowest BCUT2D eigenvalue weighted by Crippen LogP contribution is -2.23. The molecule has 2 atom stereocenters. The summed E-state index contributed by atoms with van der Waals surface area (Å²) in [5.74, 6) is 1.10. The van der Waals surface area contributed by atoms with Crippen LogP contribution in [0.3, 0.4) is 0 Å². The Morgan fingerprint density at radius 2 is 2.20 bits per heavy atom. The van der Waals surface area contributed by atoms with E-state index in [2.05, 4.69) is 37.8 Å². The van der Waals surface area contributed by atoms with Crippen molar-refractivity contribution in [1.82, 2.24) is 15.0 Å². The van der Waals surface area contributed by atoms with Gasteiger partial charge in [0, 0.05) is 22.6 Å². The molecule has 2 aromatic rings. The summed E-state index contributed by atoms with van der Waals surface area (Å²) in [6.07, 6.45) is 1.74. The quantitative estimate of drug-likeness (QED) is 0.877. The lowest BCUT2D eigenvalue weighted by molar-refractivity contribution is 0.588. The van der Waals surface area contributed by atoms with Gasteiger partial charge in [-0.25, -0.2) is 9.97 Å². The number of aromatic nitrogens is 3. The number of imidazole rings is 1. The Morgan fingerprint density at radius 3 is 2.87 bits per heavy atom. The number of nitrogens with zero attached hydrogens (tertiary/aromatic N) is 2. The highest BCUT2D eigenvalue weighted by molar-refractivity contribution is 9.10. The number of rotatable bonds is 2. The number of nitrogens with one attached hydrogen (secondary N) is 1. The minimum atomic E-state index is 0.0778. The fourth-order valence-corrected chi connectivity index (χ4v) is 1.69. The van der Waals surface area contributed by atoms with Crippen molar-refractivity contribution in [1.29, 1.82) is 0 Å². The molecule has 2 heterocycles. The van der Waals surface area contributed by atoms with Gasteiger partial charge in [0.25, 0.3) is 0 Å². The maximum Gasteiger partial charge on any atom is 0.177 e. The molecule has 0 aliphatic heterocycles. The molecule has 0 saturated carbocycles. The van der Waals surface area contributed by atoms with Crippen LogP contribution in [0.1, 0.15) is 25.6 Å². The van der Waals surface area contributed by atoms with Crippen molar-refractivity contribution >= 4 is 27.1 Å². The van der Waals surface area contributed by atoms with Gasteiger partial charge in [-0.1, -0.05) is 6.92 Å². The Bertz CT molecular complexity index is 477. The highest BCUT2D eigenvalue weighted by Gasteiger charge is 2.15. The summed E-state index contributed by atoms with van der Waals surface area (Å²) in [6, 6.07) is 2.04. The van der Waals surface area contributed by atoms with E-state index in [9.17, 15) is 0 Å². The van der Waals surface area contributed by atoms with E-state index in [0.717, 1.165) is 21.5 Å². The first-order valence-corrected chi connectivity index (χ1v) is 5.64. The largest absolute Gasteiger partial charge is 0.340 e. The van der Waals surface area contributed by atoms with E-state index >= 15 is 0 Å². The summed E-state index contributed by atoms with van der Waals surface area (Å²) < 4.78 is 0.943. The fraction of sp³-hybridized carbons (Fsp3) is 0.400. The molecule has 0 fully saturated rings.